The standard InChI is InChI=1S/C18H29NO/c1-13-11-15(16(20)9-10-18(2,3)4)17(19-12-13)14-7-5-6-8-14/h11-12,14,16,20H,5-10H2,1-4H3/t16-/m0/s1. The fraction of sp³-hybridized carbons (Fsp3) is 0.722. The van der Waals surface area contributed by atoms with E-state index in [0.29, 0.717) is 5.92 Å². The minimum Gasteiger partial charge on any atom is -0.388 e. The molecule has 1 heterocycles. The Morgan fingerprint density at radius 3 is 2.55 bits per heavy atom. The van der Waals surface area contributed by atoms with Crippen LogP contribution >= 0.6 is 0 Å². The number of pyridine rings is 1. The van der Waals surface area contributed by atoms with Crippen LogP contribution in [0.15, 0.2) is 12.3 Å². The number of nitrogens with zero attached hydrogens (tertiary/aromatic N) is 1. The van der Waals surface area contributed by atoms with Crippen molar-refractivity contribution in [1.82, 2.24) is 4.98 Å². The van der Waals surface area contributed by atoms with Crippen LogP contribution < -0.4 is 0 Å². The first-order chi connectivity index (χ1) is 9.37. The van der Waals surface area contributed by atoms with Gasteiger partial charge in [-0.1, -0.05) is 39.7 Å². The van der Waals surface area contributed by atoms with Crippen LogP contribution in [0.1, 0.15) is 88.1 Å². The molecule has 1 aliphatic carbocycles. The molecule has 2 rings (SSSR count). The summed E-state index contributed by atoms with van der Waals surface area (Å²) in [6, 6.07) is 2.15. The molecule has 2 heteroatoms. The summed E-state index contributed by atoms with van der Waals surface area (Å²) < 4.78 is 0. The second-order valence-electron chi connectivity index (χ2n) is 7.58. The zero-order valence-electron chi connectivity index (χ0n) is 13.4. The molecule has 112 valence electrons. The van der Waals surface area contributed by atoms with Crippen molar-refractivity contribution in [3.05, 3.63) is 29.1 Å². The van der Waals surface area contributed by atoms with Gasteiger partial charge in [0.25, 0.3) is 0 Å². The highest BCUT2D eigenvalue weighted by Gasteiger charge is 2.25. The molecule has 0 aromatic carbocycles. The Balaban J connectivity index is 2.17. The quantitative estimate of drug-likeness (QED) is 0.847. The molecule has 1 aromatic rings. The lowest BCUT2D eigenvalue weighted by molar-refractivity contribution is 0.145. The summed E-state index contributed by atoms with van der Waals surface area (Å²) in [6.07, 6.45) is 8.52. The van der Waals surface area contributed by atoms with Crippen LogP contribution in [0.5, 0.6) is 0 Å². The Labute approximate surface area is 123 Å². The maximum absolute atomic E-state index is 10.6. The lowest BCUT2D eigenvalue weighted by atomic mass is 9.86. The lowest BCUT2D eigenvalue weighted by Crippen LogP contribution is -2.12. The van der Waals surface area contributed by atoms with Crippen LogP contribution in [0.25, 0.3) is 0 Å². The van der Waals surface area contributed by atoms with Crippen molar-refractivity contribution in [1.29, 1.82) is 0 Å². The van der Waals surface area contributed by atoms with Gasteiger partial charge in [0.15, 0.2) is 0 Å². The van der Waals surface area contributed by atoms with Crippen LogP contribution in [0, 0.1) is 12.3 Å². The Kier molecular flexibility index (Phi) is 4.85. The molecular formula is C18H29NO. The van der Waals surface area contributed by atoms with Crippen molar-refractivity contribution in [3.8, 4) is 0 Å². The van der Waals surface area contributed by atoms with Crippen LogP contribution in [-0.2, 0) is 0 Å². The van der Waals surface area contributed by atoms with Gasteiger partial charge in [0.05, 0.1) is 6.10 Å². The lowest BCUT2D eigenvalue weighted by Gasteiger charge is -2.23. The molecule has 1 saturated carbocycles. The number of rotatable bonds is 4. The van der Waals surface area contributed by atoms with E-state index < -0.39 is 0 Å². The third kappa shape index (κ3) is 4.05. The largest absolute Gasteiger partial charge is 0.388 e. The average Bonchev–Trinajstić information content (AvgIpc) is 2.88. The Morgan fingerprint density at radius 1 is 1.30 bits per heavy atom. The number of aromatic nitrogens is 1. The van der Waals surface area contributed by atoms with E-state index in [9.17, 15) is 5.11 Å². The summed E-state index contributed by atoms with van der Waals surface area (Å²) >= 11 is 0. The smallest absolute Gasteiger partial charge is 0.0808 e. The van der Waals surface area contributed by atoms with E-state index in [-0.39, 0.29) is 11.5 Å². The van der Waals surface area contributed by atoms with Crippen LogP contribution in [0.4, 0.5) is 0 Å². The van der Waals surface area contributed by atoms with Crippen molar-refractivity contribution >= 4 is 0 Å². The first kappa shape index (κ1) is 15.5. The summed E-state index contributed by atoms with van der Waals surface area (Å²) in [7, 11) is 0. The molecule has 1 aliphatic rings. The second-order valence-corrected chi connectivity index (χ2v) is 7.58. The molecule has 1 atom stereocenters. The van der Waals surface area contributed by atoms with Crippen LogP contribution in [0.2, 0.25) is 0 Å². The van der Waals surface area contributed by atoms with E-state index in [0.717, 1.165) is 29.7 Å². The minimum atomic E-state index is -0.364. The normalized spacial score (nSPS) is 18.4. The molecule has 0 amide bonds. The molecule has 0 spiro atoms. The van der Waals surface area contributed by atoms with E-state index in [2.05, 4.69) is 38.7 Å². The molecule has 1 aromatic heterocycles. The summed E-state index contributed by atoms with van der Waals surface area (Å²) in [5, 5.41) is 10.6. The molecule has 20 heavy (non-hydrogen) atoms. The van der Waals surface area contributed by atoms with E-state index in [1.165, 1.54) is 25.7 Å². The van der Waals surface area contributed by atoms with Crippen molar-refractivity contribution < 1.29 is 5.11 Å². The molecule has 0 bridgehead atoms. The molecule has 1 N–H and O–H groups in total. The second kappa shape index (κ2) is 6.26. The Hall–Kier alpha value is -0.890. The number of hydrogen-bond donors (Lipinski definition) is 1. The number of aryl methyl sites for hydroxylation is 1. The van der Waals surface area contributed by atoms with E-state index in [4.69, 9.17) is 0 Å². The molecule has 1 fully saturated rings. The van der Waals surface area contributed by atoms with Gasteiger partial charge in [0.1, 0.15) is 0 Å². The molecule has 0 unspecified atom stereocenters. The maximum Gasteiger partial charge on any atom is 0.0808 e. The predicted molar refractivity (Wildman–Crippen MR) is 83.8 cm³/mol. The molecule has 0 aliphatic heterocycles. The zero-order valence-corrected chi connectivity index (χ0v) is 13.4. The third-order valence-electron chi connectivity index (χ3n) is 4.35. The summed E-state index contributed by atoms with van der Waals surface area (Å²) in [5.41, 5.74) is 3.67. The maximum atomic E-state index is 10.6. The zero-order chi connectivity index (χ0) is 14.8. The number of aliphatic hydroxyl groups excluding tert-OH is 1. The Morgan fingerprint density at radius 2 is 1.95 bits per heavy atom. The SMILES string of the molecule is Cc1cnc(C2CCCC2)c([C@@H](O)CCC(C)(C)C)c1. The topological polar surface area (TPSA) is 33.1 Å². The highest BCUT2D eigenvalue weighted by molar-refractivity contribution is 5.30. The van der Waals surface area contributed by atoms with Gasteiger partial charge in [-0.3, -0.25) is 4.98 Å². The first-order valence-electron chi connectivity index (χ1n) is 8.01. The van der Waals surface area contributed by atoms with E-state index in [1.807, 2.05) is 6.20 Å². The summed E-state index contributed by atoms with van der Waals surface area (Å²) in [4.78, 5) is 4.67. The minimum absolute atomic E-state index is 0.270. The average molecular weight is 275 g/mol. The fourth-order valence-corrected chi connectivity index (χ4v) is 3.13. The highest BCUT2D eigenvalue weighted by Crippen LogP contribution is 2.38. The van der Waals surface area contributed by atoms with Gasteiger partial charge < -0.3 is 5.11 Å². The van der Waals surface area contributed by atoms with Crippen molar-refractivity contribution in [2.24, 2.45) is 5.41 Å². The van der Waals surface area contributed by atoms with Crippen molar-refractivity contribution in [2.75, 3.05) is 0 Å². The predicted octanol–water partition coefficient (Wildman–Crippen LogP) is 4.91. The van der Waals surface area contributed by atoms with E-state index in [1.54, 1.807) is 0 Å². The van der Waals surface area contributed by atoms with Gasteiger partial charge in [-0.15, -0.1) is 0 Å². The van der Waals surface area contributed by atoms with Crippen LogP contribution in [0.3, 0.4) is 0 Å². The van der Waals surface area contributed by atoms with Crippen LogP contribution in [-0.4, -0.2) is 10.1 Å². The van der Waals surface area contributed by atoms with Crippen molar-refractivity contribution in [2.45, 2.75) is 78.2 Å². The third-order valence-corrected chi connectivity index (χ3v) is 4.35. The molecule has 0 radical (unpaired) electrons. The fourth-order valence-electron chi connectivity index (χ4n) is 3.13. The first-order valence-corrected chi connectivity index (χ1v) is 8.01. The molecular weight excluding hydrogens is 246 g/mol. The highest BCUT2D eigenvalue weighted by atomic mass is 16.3. The van der Waals surface area contributed by atoms with Gasteiger partial charge in [-0.05, 0) is 43.6 Å². The molecule has 2 nitrogen and oxygen atoms in total. The van der Waals surface area contributed by atoms with Gasteiger partial charge in [0.2, 0.25) is 0 Å². The molecule has 0 saturated heterocycles. The number of hydrogen-bond acceptors (Lipinski definition) is 2. The number of aliphatic hydroxyl groups is 1. The van der Waals surface area contributed by atoms with Crippen molar-refractivity contribution in [3.63, 3.8) is 0 Å². The summed E-state index contributed by atoms with van der Waals surface area (Å²) in [5.74, 6) is 0.565. The summed E-state index contributed by atoms with van der Waals surface area (Å²) in [6.45, 7) is 8.75. The Bertz CT molecular complexity index is 441. The van der Waals surface area contributed by atoms with Gasteiger partial charge in [-0.2, -0.15) is 0 Å². The van der Waals surface area contributed by atoms with Gasteiger partial charge >= 0.3 is 0 Å². The van der Waals surface area contributed by atoms with Gasteiger partial charge in [0, 0.05) is 23.4 Å². The van der Waals surface area contributed by atoms with Gasteiger partial charge in [-0.25, -0.2) is 0 Å². The monoisotopic (exact) mass is 275 g/mol. The van der Waals surface area contributed by atoms with E-state index >= 15 is 0 Å².